The maximum Gasteiger partial charge on any atom is 0.315 e. The van der Waals surface area contributed by atoms with Crippen molar-refractivity contribution < 1.29 is 13.6 Å². The molecule has 0 unspecified atom stereocenters. The van der Waals surface area contributed by atoms with Crippen LogP contribution in [0, 0.1) is 11.6 Å². The van der Waals surface area contributed by atoms with Crippen LogP contribution in [0.5, 0.6) is 0 Å². The van der Waals surface area contributed by atoms with Gasteiger partial charge in [0.1, 0.15) is 11.6 Å². The summed E-state index contributed by atoms with van der Waals surface area (Å²) in [6.07, 6.45) is 4.07. The number of carbonyl (C=O) groups is 1. The monoisotopic (exact) mass is 348 g/mol. The molecule has 25 heavy (non-hydrogen) atoms. The summed E-state index contributed by atoms with van der Waals surface area (Å²) in [7, 11) is 0. The molecule has 3 rings (SSSR count). The number of hydrogen-bond acceptors (Lipinski definition) is 2. The average Bonchev–Trinajstić information content (AvgIpc) is 2.89. The van der Waals surface area contributed by atoms with Gasteiger partial charge in [-0.3, -0.25) is 0 Å². The molecular weight excluding hydrogens is 326 g/mol. The van der Waals surface area contributed by atoms with Crippen molar-refractivity contribution in [3.63, 3.8) is 0 Å². The molecular formula is C18H22F2N4O. The fourth-order valence-corrected chi connectivity index (χ4v) is 3.13. The molecule has 0 saturated carbocycles. The molecule has 0 aliphatic heterocycles. The summed E-state index contributed by atoms with van der Waals surface area (Å²) < 4.78 is 28.6. The van der Waals surface area contributed by atoms with Crippen LogP contribution in [-0.4, -0.2) is 21.4 Å². The lowest BCUT2D eigenvalue weighted by molar-refractivity contribution is 0.226. The number of fused-ring (bicyclic) bond motifs is 1. The van der Waals surface area contributed by atoms with E-state index in [4.69, 9.17) is 0 Å². The third-order valence-corrected chi connectivity index (χ3v) is 4.07. The number of aromatic nitrogens is 2. The summed E-state index contributed by atoms with van der Waals surface area (Å²) in [4.78, 5) is 12.2. The fourth-order valence-electron chi connectivity index (χ4n) is 3.13. The summed E-state index contributed by atoms with van der Waals surface area (Å²) >= 11 is 0. The number of halogens is 2. The highest BCUT2D eigenvalue weighted by molar-refractivity contribution is 5.75. The van der Waals surface area contributed by atoms with Crippen LogP contribution in [0.3, 0.4) is 0 Å². The minimum absolute atomic E-state index is 0.168. The first kappa shape index (κ1) is 17.4. The Balaban J connectivity index is 1.86. The minimum Gasteiger partial charge on any atom is -0.334 e. The molecule has 1 aliphatic carbocycles. The summed E-state index contributed by atoms with van der Waals surface area (Å²) in [5.41, 5.74) is 1.78. The van der Waals surface area contributed by atoms with Crippen LogP contribution >= 0.6 is 0 Å². The zero-order valence-corrected chi connectivity index (χ0v) is 14.6. The van der Waals surface area contributed by atoms with Crippen molar-refractivity contribution in [1.29, 1.82) is 0 Å². The van der Waals surface area contributed by atoms with Gasteiger partial charge in [0.2, 0.25) is 0 Å². The lowest BCUT2D eigenvalue weighted by Crippen LogP contribution is -2.47. The quantitative estimate of drug-likeness (QED) is 0.871. The van der Waals surface area contributed by atoms with Gasteiger partial charge in [0.05, 0.1) is 17.9 Å². The molecule has 2 N–H and O–H groups in total. The molecule has 0 saturated heterocycles. The average molecular weight is 348 g/mol. The largest absolute Gasteiger partial charge is 0.334 e. The summed E-state index contributed by atoms with van der Waals surface area (Å²) in [6.45, 7) is 5.74. The number of rotatable bonds is 2. The van der Waals surface area contributed by atoms with Gasteiger partial charge in [-0.25, -0.2) is 18.3 Å². The lowest BCUT2D eigenvalue weighted by Gasteiger charge is -2.27. The first-order valence-electron chi connectivity index (χ1n) is 8.35. The zero-order valence-electron chi connectivity index (χ0n) is 14.6. The normalized spacial score (nSPS) is 17.1. The Morgan fingerprint density at radius 2 is 1.92 bits per heavy atom. The SMILES string of the molecule is CC(C)(C)NC(=O)N[C@H]1CCCc2c1cnn2-c1cc(F)cc(F)c1. The van der Waals surface area contributed by atoms with Gasteiger partial charge in [-0.1, -0.05) is 0 Å². The summed E-state index contributed by atoms with van der Waals surface area (Å²) in [5.74, 6) is -1.29. The number of nitrogens with one attached hydrogen (secondary N) is 2. The molecule has 2 aromatic rings. The Morgan fingerprint density at radius 3 is 2.56 bits per heavy atom. The van der Waals surface area contributed by atoms with E-state index in [2.05, 4.69) is 15.7 Å². The van der Waals surface area contributed by atoms with Crippen molar-refractivity contribution in [2.45, 2.75) is 51.6 Å². The number of urea groups is 1. The van der Waals surface area contributed by atoms with Crippen molar-refractivity contribution in [2.24, 2.45) is 0 Å². The van der Waals surface area contributed by atoms with Crippen LogP contribution in [0.1, 0.15) is 50.9 Å². The number of hydrogen-bond donors (Lipinski definition) is 2. The number of carbonyl (C=O) groups excluding carboxylic acids is 1. The van der Waals surface area contributed by atoms with Gasteiger partial charge in [0.15, 0.2) is 0 Å². The van der Waals surface area contributed by atoms with Crippen molar-refractivity contribution >= 4 is 6.03 Å². The molecule has 1 aromatic carbocycles. The zero-order chi connectivity index (χ0) is 18.2. The maximum atomic E-state index is 13.5. The van der Waals surface area contributed by atoms with Crippen LogP contribution < -0.4 is 10.6 Å². The van der Waals surface area contributed by atoms with E-state index in [-0.39, 0.29) is 17.6 Å². The highest BCUT2D eigenvalue weighted by Gasteiger charge is 2.27. The molecule has 7 heteroatoms. The Morgan fingerprint density at radius 1 is 1.24 bits per heavy atom. The first-order valence-corrected chi connectivity index (χ1v) is 8.35. The van der Waals surface area contributed by atoms with Gasteiger partial charge >= 0.3 is 6.03 Å². The van der Waals surface area contributed by atoms with Gasteiger partial charge in [-0.05, 0) is 52.2 Å². The van der Waals surface area contributed by atoms with Gasteiger partial charge in [0.25, 0.3) is 0 Å². The number of nitrogens with zero attached hydrogens (tertiary/aromatic N) is 2. The van der Waals surface area contributed by atoms with Gasteiger partial charge < -0.3 is 10.6 Å². The molecule has 0 radical (unpaired) electrons. The molecule has 1 heterocycles. The van der Waals surface area contributed by atoms with Crippen LogP contribution in [0.4, 0.5) is 13.6 Å². The Bertz CT molecular complexity index is 775. The predicted molar refractivity (Wildman–Crippen MR) is 90.6 cm³/mol. The van der Waals surface area contributed by atoms with Gasteiger partial charge in [-0.15, -0.1) is 0 Å². The minimum atomic E-state index is -0.644. The van der Waals surface area contributed by atoms with Crippen LogP contribution in [-0.2, 0) is 6.42 Å². The van der Waals surface area contributed by atoms with Crippen LogP contribution in [0.15, 0.2) is 24.4 Å². The summed E-state index contributed by atoms with van der Waals surface area (Å²) in [6, 6.07) is 2.92. The first-order chi connectivity index (χ1) is 11.7. The third kappa shape index (κ3) is 3.97. The second-order valence-electron chi connectivity index (χ2n) is 7.38. The van der Waals surface area contributed by atoms with E-state index >= 15 is 0 Å². The Hall–Kier alpha value is -2.44. The van der Waals surface area contributed by atoms with Crippen molar-refractivity contribution in [1.82, 2.24) is 20.4 Å². The van der Waals surface area contributed by atoms with E-state index in [1.807, 2.05) is 20.8 Å². The van der Waals surface area contributed by atoms with Gasteiger partial charge in [-0.2, -0.15) is 5.10 Å². The second-order valence-corrected chi connectivity index (χ2v) is 7.38. The topological polar surface area (TPSA) is 59.0 Å². The summed E-state index contributed by atoms with van der Waals surface area (Å²) in [5, 5.41) is 10.1. The Kier molecular flexibility index (Phi) is 4.49. The molecule has 5 nitrogen and oxygen atoms in total. The molecule has 1 aliphatic rings. The second kappa shape index (κ2) is 6.46. The molecule has 0 bridgehead atoms. The van der Waals surface area contributed by atoms with E-state index in [1.165, 1.54) is 12.1 Å². The van der Waals surface area contributed by atoms with E-state index in [0.29, 0.717) is 5.69 Å². The Labute approximate surface area is 145 Å². The molecule has 0 spiro atoms. The van der Waals surface area contributed by atoms with E-state index in [1.54, 1.807) is 10.9 Å². The van der Waals surface area contributed by atoms with Crippen molar-refractivity contribution in [3.8, 4) is 5.69 Å². The highest BCUT2D eigenvalue weighted by Crippen LogP contribution is 2.31. The van der Waals surface area contributed by atoms with E-state index in [9.17, 15) is 13.6 Å². The van der Waals surface area contributed by atoms with Crippen LogP contribution in [0.2, 0.25) is 0 Å². The standard InChI is InChI=1S/C18H22F2N4O/c1-18(2,3)23-17(25)22-15-5-4-6-16-14(15)10-21-24(16)13-8-11(19)7-12(20)9-13/h7-10,15H,4-6H2,1-3H3,(H2,22,23,25)/t15-/m0/s1. The van der Waals surface area contributed by atoms with Crippen LogP contribution in [0.25, 0.3) is 5.69 Å². The molecule has 134 valence electrons. The molecule has 1 atom stereocenters. The number of benzene rings is 1. The maximum absolute atomic E-state index is 13.5. The molecule has 2 amide bonds. The number of amides is 2. The fraction of sp³-hybridized carbons (Fsp3) is 0.444. The predicted octanol–water partition coefficient (Wildman–Crippen LogP) is 3.63. The third-order valence-electron chi connectivity index (χ3n) is 4.07. The lowest BCUT2D eigenvalue weighted by atomic mass is 9.93. The molecule has 0 fully saturated rings. The highest BCUT2D eigenvalue weighted by atomic mass is 19.1. The van der Waals surface area contributed by atoms with E-state index < -0.39 is 11.6 Å². The molecule has 1 aromatic heterocycles. The van der Waals surface area contributed by atoms with Crippen molar-refractivity contribution in [2.75, 3.05) is 0 Å². The smallest absolute Gasteiger partial charge is 0.315 e. The van der Waals surface area contributed by atoms with Gasteiger partial charge in [0, 0.05) is 22.9 Å². The van der Waals surface area contributed by atoms with Crippen molar-refractivity contribution in [3.05, 3.63) is 47.3 Å². The van der Waals surface area contributed by atoms with E-state index in [0.717, 1.165) is 36.6 Å².